The summed E-state index contributed by atoms with van der Waals surface area (Å²) in [6, 6.07) is 11.2. The summed E-state index contributed by atoms with van der Waals surface area (Å²) < 4.78 is 1.65. The lowest BCUT2D eigenvalue weighted by Crippen LogP contribution is -2.40. The Morgan fingerprint density at radius 1 is 1.12 bits per heavy atom. The first-order valence-electron chi connectivity index (χ1n) is 8.10. The molecule has 0 spiro atoms. The molecule has 0 unspecified atom stereocenters. The normalized spacial score (nSPS) is 11.4. The third-order valence-corrected chi connectivity index (χ3v) is 3.47. The highest BCUT2D eigenvalue weighted by atomic mass is 16.2. The van der Waals surface area contributed by atoms with Gasteiger partial charge >= 0.3 is 0 Å². The van der Waals surface area contributed by atoms with E-state index >= 15 is 0 Å². The van der Waals surface area contributed by atoms with E-state index in [-0.39, 0.29) is 11.4 Å². The number of pyridine rings is 2. The molecule has 128 valence electrons. The van der Waals surface area contributed by atoms with Crippen molar-refractivity contribution >= 4 is 5.91 Å². The van der Waals surface area contributed by atoms with Gasteiger partial charge in [0.2, 0.25) is 0 Å². The van der Waals surface area contributed by atoms with Crippen LogP contribution in [0.15, 0.2) is 48.8 Å². The highest BCUT2D eigenvalue weighted by Crippen LogP contribution is 2.22. The maximum absolute atomic E-state index is 12.5. The lowest BCUT2D eigenvalue weighted by molar-refractivity contribution is 0.0914. The van der Waals surface area contributed by atoms with Gasteiger partial charge in [-0.25, -0.2) is 9.67 Å². The van der Waals surface area contributed by atoms with Gasteiger partial charge in [-0.05, 0) is 57.5 Å². The second-order valence-corrected chi connectivity index (χ2v) is 6.94. The SMILES string of the molecule is Cc1ccc(-c2cc(C(=O)NC(C)(C)C)nn2-c2ccccn2)nc1. The number of aryl methyl sites for hydroxylation is 1. The van der Waals surface area contributed by atoms with Gasteiger partial charge in [-0.15, -0.1) is 0 Å². The number of hydrogen-bond acceptors (Lipinski definition) is 4. The number of carbonyl (C=O) groups excluding carboxylic acids is 1. The van der Waals surface area contributed by atoms with Crippen molar-refractivity contribution in [3.05, 3.63) is 60.0 Å². The van der Waals surface area contributed by atoms with Crippen LogP contribution < -0.4 is 5.32 Å². The van der Waals surface area contributed by atoms with Gasteiger partial charge in [0.15, 0.2) is 11.5 Å². The summed E-state index contributed by atoms with van der Waals surface area (Å²) in [6.45, 7) is 7.78. The maximum Gasteiger partial charge on any atom is 0.272 e. The number of rotatable bonds is 3. The Morgan fingerprint density at radius 3 is 2.52 bits per heavy atom. The molecule has 0 aliphatic carbocycles. The number of nitrogens with one attached hydrogen (secondary N) is 1. The van der Waals surface area contributed by atoms with Crippen molar-refractivity contribution in [2.24, 2.45) is 0 Å². The molecule has 0 aliphatic heterocycles. The Bertz CT molecular complexity index is 876. The number of hydrogen-bond donors (Lipinski definition) is 1. The molecular formula is C19H21N5O. The van der Waals surface area contributed by atoms with Gasteiger partial charge in [0.05, 0.1) is 11.4 Å². The van der Waals surface area contributed by atoms with Crippen molar-refractivity contribution in [1.82, 2.24) is 25.1 Å². The molecule has 0 fully saturated rings. The first-order chi connectivity index (χ1) is 11.8. The third-order valence-electron chi connectivity index (χ3n) is 3.47. The Labute approximate surface area is 146 Å². The number of aromatic nitrogens is 4. The van der Waals surface area contributed by atoms with Gasteiger partial charge in [-0.1, -0.05) is 12.1 Å². The smallest absolute Gasteiger partial charge is 0.272 e. The van der Waals surface area contributed by atoms with Gasteiger partial charge in [0, 0.05) is 17.9 Å². The van der Waals surface area contributed by atoms with Crippen LogP contribution in [0.5, 0.6) is 0 Å². The highest BCUT2D eigenvalue weighted by Gasteiger charge is 2.21. The predicted molar refractivity (Wildman–Crippen MR) is 96.5 cm³/mol. The molecule has 3 rings (SSSR count). The molecular weight excluding hydrogens is 314 g/mol. The molecule has 6 heteroatoms. The number of nitrogens with zero attached hydrogens (tertiary/aromatic N) is 4. The van der Waals surface area contributed by atoms with Gasteiger partial charge < -0.3 is 5.32 Å². The van der Waals surface area contributed by atoms with Gasteiger partial charge in [0.25, 0.3) is 5.91 Å². The van der Waals surface area contributed by atoms with Crippen molar-refractivity contribution < 1.29 is 4.79 Å². The van der Waals surface area contributed by atoms with E-state index in [1.54, 1.807) is 23.1 Å². The van der Waals surface area contributed by atoms with Crippen molar-refractivity contribution in [1.29, 1.82) is 0 Å². The van der Waals surface area contributed by atoms with E-state index in [1.807, 2.05) is 58.0 Å². The first-order valence-corrected chi connectivity index (χ1v) is 8.10. The van der Waals surface area contributed by atoms with Crippen LogP contribution >= 0.6 is 0 Å². The van der Waals surface area contributed by atoms with Crippen LogP contribution in [0.4, 0.5) is 0 Å². The summed E-state index contributed by atoms with van der Waals surface area (Å²) in [4.78, 5) is 21.3. The molecule has 1 amide bonds. The summed E-state index contributed by atoms with van der Waals surface area (Å²) in [5, 5.41) is 7.40. The zero-order chi connectivity index (χ0) is 18.0. The van der Waals surface area contributed by atoms with E-state index in [4.69, 9.17) is 0 Å². The highest BCUT2D eigenvalue weighted by molar-refractivity contribution is 5.93. The third kappa shape index (κ3) is 3.91. The van der Waals surface area contributed by atoms with Gasteiger partial charge in [-0.3, -0.25) is 9.78 Å². The lowest BCUT2D eigenvalue weighted by Gasteiger charge is -2.19. The molecule has 25 heavy (non-hydrogen) atoms. The molecule has 0 bridgehead atoms. The van der Waals surface area contributed by atoms with E-state index < -0.39 is 0 Å². The minimum atomic E-state index is -0.339. The summed E-state index contributed by atoms with van der Waals surface area (Å²) in [6.07, 6.45) is 3.48. The molecule has 0 aliphatic rings. The second kappa shape index (κ2) is 6.47. The summed E-state index contributed by atoms with van der Waals surface area (Å²) in [5.74, 6) is 0.408. The van der Waals surface area contributed by atoms with Crippen molar-refractivity contribution in [3.8, 4) is 17.2 Å². The lowest BCUT2D eigenvalue weighted by atomic mass is 10.1. The predicted octanol–water partition coefficient (Wildman–Crippen LogP) is 3.17. The van der Waals surface area contributed by atoms with Crippen LogP contribution in [0.1, 0.15) is 36.8 Å². The van der Waals surface area contributed by atoms with Crippen molar-refractivity contribution in [2.45, 2.75) is 33.2 Å². The molecule has 1 N–H and O–H groups in total. The first kappa shape index (κ1) is 16.8. The molecule has 0 atom stereocenters. The fourth-order valence-electron chi connectivity index (χ4n) is 2.35. The van der Waals surface area contributed by atoms with E-state index in [1.165, 1.54) is 0 Å². The molecule has 3 aromatic rings. The quantitative estimate of drug-likeness (QED) is 0.798. The molecule has 0 radical (unpaired) electrons. The van der Waals surface area contributed by atoms with Crippen LogP contribution in [0.25, 0.3) is 17.2 Å². The molecule has 0 saturated heterocycles. The van der Waals surface area contributed by atoms with Gasteiger partial charge in [-0.2, -0.15) is 5.10 Å². The fraction of sp³-hybridized carbons (Fsp3) is 0.263. The monoisotopic (exact) mass is 335 g/mol. The number of amides is 1. The van der Waals surface area contributed by atoms with Crippen LogP contribution in [0, 0.1) is 6.92 Å². The van der Waals surface area contributed by atoms with Crippen LogP contribution in [-0.4, -0.2) is 31.2 Å². The topological polar surface area (TPSA) is 72.7 Å². The molecule has 0 saturated carbocycles. The van der Waals surface area contributed by atoms with E-state index in [0.29, 0.717) is 11.5 Å². The average molecular weight is 335 g/mol. The Hall–Kier alpha value is -3.02. The largest absolute Gasteiger partial charge is 0.346 e. The summed E-state index contributed by atoms with van der Waals surface area (Å²) in [5.41, 5.74) is 2.52. The molecule has 3 heterocycles. The summed E-state index contributed by atoms with van der Waals surface area (Å²) >= 11 is 0. The van der Waals surface area contributed by atoms with Crippen LogP contribution in [-0.2, 0) is 0 Å². The van der Waals surface area contributed by atoms with Crippen molar-refractivity contribution in [2.75, 3.05) is 0 Å². The van der Waals surface area contributed by atoms with Crippen LogP contribution in [0.3, 0.4) is 0 Å². The van der Waals surface area contributed by atoms with Gasteiger partial charge in [0.1, 0.15) is 0 Å². The zero-order valence-electron chi connectivity index (χ0n) is 14.8. The zero-order valence-corrected chi connectivity index (χ0v) is 14.8. The van der Waals surface area contributed by atoms with Crippen molar-refractivity contribution in [3.63, 3.8) is 0 Å². The standard InChI is InChI=1S/C19H21N5O/c1-13-8-9-14(21-12-13)16-11-15(18(25)22-19(2,3)4)23-24(16)17-7-5-6-10-20-17/h5-12H,1-4H3,(H,22,25). The Morgan fingerprint density at radius 2 is 1.92 bits per heavy atom. The second-order valence-electron chi connectivity index (χ2n) is 6.94. The Balaban J connectivity index is 2.09. The van der Waals surface area contributed by atoms with E-state index in [9.17, 15) is 4.79 Å². The minimum Gasteiger partial charge on any atom is -0.346 e. The summed E-state index contributed by atoms with van der Waals surface area (Å²) in [7, 11) is 0. The van der Waals surface area contributed by atoms with E-state index in [0.717, 1.165) is 17.0 Å². The average Bonchev–Trinajstić information content (AvgIpc) is 3.00. The van der Waals surface area contributed by atoms with E-state index in [2.05, 4.69) is 20.4 Å². The molecule has 3 aromatic heterocycles. The molecule has 6 nitrogen and oxygen atoms in total. The number of carbonyl (C=O) groups is 1. The minimum absolute atomic E-state index is 0.226. The maximum atomic E-state index is 12.5. The Kier molecular flexibility index (Phi) is 4.35. The fourth-order valence-corrected chi connectivity index (χ4v) is 2.35. The molecule has 0 aromatic carbocycles. The van der Waals surface area contributed by atoms with Crippen LogP contribution in [0.2, 0.25) is 0 Å².